The zero-order chi connectivity index (χ0) is 11.8. The van der Waals surface area contributed by atoms with Gasteiger partial charge in [0.25, 0.3) is 0 Å². The molecule has 0 aliphatic heterocycles. The Morgan fingerprint density at radius 1 is 1.33 bits per heavy atom. The molecule has 0 heterocycles. The van der Waals surface area contributed by atoms with E-state index in [1.165, 1.54) is 0 Å². The predicted octanol–water partition coefficient (Wildman–Crippen LogP) is 0.534. The predicted molar refractivity (Wildman–Crippen MR) is 63.9 cm³/mol. The van der Waals surface area contributed by atoms with Crippen molar-refractivity contribution >= 4 is 25.2 Å². The lowest BCUT2D eigenvalue weighted by molar-refractivity contribution is -0.115. The Morgan fingerprint density at radius 3 is 2.27 bits per heavy atom. The van der Waals surface area contributed by atoms with Gasteiger partial charge in [-0.05, 0) is 12.3 Å². The minimum atomic E-state index is -0.303. The third-order valence-electron chi connectivity index (χ3n) is 2.10. The number of nitrogens with one attached hydrogen (secondary N) is 1. The Labute approximate surface area is 96.8 Å². The molecule has 1 N–H and O–H groups in total. The number of thiol groups is 1. The van der Waals surface area contributed by atoms with Gasteiger partial charge in [-0.2, -0.15) is 12.6 Å². The number of nitrogens with zero attached hydrogens (tertiary/aromatic N) is 1. The van der Waals surface area contributed by atoms with Crippen molar-refractivity contribution in [1.29, 1.82) is 0 Å². The SMILES string of the molecule is CC(C)C[C@@H](C=O)NN(C)C(C=O)CS. The third-order valence-corrected chi connectivity index (χ3v) is 2.47. The quantitative estimate of drug-likeness (QED) is 0.364. The fourth-order valence-electron chi connectivity index (χ4n) is 1.26. The van der Waals surface area contributed by atoms with Gasteiger partial charge in [-0.15, -0.1) is 0 Å². The van der Waals surface area contributed by atoms with Crippen molar-refractivity contribution in [3.8, 4) is 0 Å². The van der Waals surface area contributed by atoms with Crippen molar-refractivity contribution in [3.63, 3.8) is 0 Å². The van der Waals surface area contributed by atoms with Gasteiger partial charge in [-0.25, -0.2) is 10.4 Å². The molecule has 2 atom stereocenters. The molecule has 0 fully saturated rings. The van der Waals surface area contributed by atoms with Crippen molar-refractivity contribution in [2.24, 2.45) is 5.92 Å². The average molecular weight is 232 g/mol. The van der Waals surface area contributed by atoms with Gasteiger partial charge in [0.05, 0.1) is 12.1 Å². The standard InChI is InChI=1S/C10H20N2O2S/c1-8(2)4-9(5-13)11-12(3)10(6-14)7-15/h5-6,8-11,15H,4,7H2,1-3H3/t9-,10?/m0/s1. The highest BCUT2D eigenvalue weighted by atomic mass is 32.1. The van der Waals surface area contributed by atoms with Crippen molar-refractivity contribution in [1.82, 2.24) is 10.4 Å². The van der Waals surface area contributed by atoms with E-state index in [0.29, 0.717) is 11.7 Å². The molecule has 0 aromatic rings. The smallest absolute Gasteiger partial charge is 0.139 e. The van der Waals surface area contributed by atoms with Gasteiger partial charge in [0, 0.05) is 12.8 Å². The highest BCUT2D eigenvalue weighted by molar-refractivity contribution is 7.80. The summed E-state index contributed by atoms with van der Waals surface area (Å²) in [6, 6.07) is -0.541. The number of hydrogen-bond acceptors (Lipinski definition) is 5. The maximum atomic E-state index is 10.8. The Balaban J connectivity index is 4.15. The summed E-state index contributed by atoms with van der Waals surface area (Å²) in [7, 11) is 1.74. The summed E-state index contributed by atoms with van der Waals surface area (Å²) in [5, 5.41) is 1.64. The molecule has 0 amide bonds. The highest BCUT2D eigenvalue weighted by Gasteiger charge is 2.16. The molecule has 0 spiro atoms. The summed E-state index contributed by atoms with van der Waals surface area (Å²) < 4.78 is 0. The lowest BCUT2D eigenvalue weighted by Gasteiger charge is -2.27. The van der Waals surface area contributed by atoms with Crippen LogP contribution < -0.4 is 5.43 Å². The maximum absolute atomic E-state index is 10.8. The van der Waals surface area contributed by atoms with E-state index in [0.717, 1.165) is 19.0 Å². The molecule has 0 saturated carbocycles. The Hall–Kier alpha value is -0.390. The molecule has 0 saturated heterocycles. The molecular formula is C10H20N2O2S. The van der Waals surface area contributed by atoms with Gasteiger partial charge >= 0.3 is 0 Å². The van der Waals surface area contributed by atoms with Crippen LogP contribution in [0.2, 0.25) is 0 Å². The van der Waals surface area contributed by atoms with Crippen LogP contribution in [0.4, 0.5) is 0 Å². The molecule has 0 aliphatic carbocycles. The number of hydrazine groups is 1. The van der Waals surface area contributed by atoms with Crippen molar-refractivity contribution in [2.45, 2.75) is 32.4 Å². The van der Waals surface area contributed by atoms with E-state index in [2.05, 4.69) is 18.1 Å². The second-order valence-corrected chi connectivity index (χ2v) is 4.36. The third kappa shape index (κ3) is 5.92. The molecule has 0 aromatic heterocycles. The second-order valence-electron chi connectivity index (χ2n) is 4.00. The van der Waals surface area contributed by atoms with Gasteiger partial charge in [0.1, 0.15) is 12.6 Å². The van der Waals surface area contributed by atoms with Gasteiger partial charge < -0.3 is 9.59 Å². The van der Waals surface area contributed by atoms with Gasteiger partial charge in [0.15, 0.2) is 0 Å². The zero-order valence-electron chi connectivity index (χ0n) is 9.51. The first-order chi connectivity index (χ1) is 7.04. The first kappa shape index (κ1) is 14.6. The molecule has 0 aliphatic rings. The van der Waals surface area contributed by atoms with Gasteiger partial charge in [-0.3, -0.25) is 0 Å². The Morgan fingerprint density at radius 2 is 1.93 bits per heavy atom. The molecular weight excluding hydrogens is 212 g/mol. The first-order valence-corrected chi connectivity index (χ1v) is 5.68. The van der Waals surface area contributed by atoms with Crippen molar-refractivity contribution in [2.75, 3.05) is 12.8 Å². The molecule has 0 aromatic carbocycles. The largest absolute Gasteiger partial charge is 0.302 e. The number of hydrogen-bond donors (Lipinski definition) is 2. The van der Waals surface area contributed by atoms with Crippen LogP contribution in [0.25, 0.3) is 0 Å². The van der Waals surface area contributed by atoms with Crippen LogP contribution in [0.5, 0.6) is 0 Å². The normalized spacial score (nSPS) is 15.3. The van der Waals surface area contributed by atoms with E-state index < -0.39 is 0 Å². The molecule has 0 rings (SSSR count). The Kier molecular flexibility index (Phi) is 7.64. The van der Waals surface area contributed by atoms with E-state index in [1.54, 1.807) is 12.1 Å². The molecule has 0 bridgehead atoms. The molecule has 1 unspecified atom stereocenters. The molecule has 0 radical (unpaired) electrons. The summed E-state index contributed by atoms with van der Waals surface area (Å²) in [6.07, 6.45) is 2.44. The Bertz CT molecular complexity index is 200. The second kappa shape index (κ2) is 7.84. The minimum absolute atomic E-state index is 0.239. The van der Waals surface area contributed by atoms with E-state index in [9.17, 15) is 9.59 Å². The number of aldehydes is 2. The van der Waals surface area contributed by atoms with Crippen molar-refractivity contribution < 1.29 is 9.59 Å². The number of carbonyl (C=O) groups excluding carboxylic acids is 2. The van der Waals surface area contributed by atoms with Crippen LogP contribution in [0.1, 0.15) is 20.3 Å². The van der Waals surface area contributed by atoms with Crippen LogP contribution >= 0.6 is 12.6 Å². The fraction of sp³-hybridized carbons (Fsp3) is 0.800. The molecule has 4 nitrogen and oxygen atoms in total. The molecule has 88 valence electrons. The van der Waals surface area contributed by atoms with E-state index in [-0.39, 0.29) is 12.1 Å². The number of rotatable bonds is 8. The van der Waals surface area contributed by atoms with Crippen LogP contribution in [0, 0.1) is 5.92 Å². The number of carbonyl (C=O) groups is 2. The zero-order valence-corrected chi connectivity index (χ0v) is 10.4. The fourth-order valence-corrected chi connectivity index (χ4v) is 1.59. The van der Waals surface area contributed by atoms with E-state index >= 15 is 0 Å². The summed E-state index contributed by atoms with van der Waals surface area (Å²) >= 11 is 4.06. The van der Waals surface area contributed by atoms with E-state index in [4.69, 9.17) is 0 Å². The summed E-state index contributed by atoms with van der Waals surface area (Å²) in [5.74, 6) is 0.868. The molecule has 15 heavy (non-hydrogen) atoms. The summed E-state index contributed by atoms with van der Waals surface area (Å²) in [4.78, 5) is 21.4. The monoisotopic (exact) mass is 232 g/mol. The maximum Gasteiger partial charge on any atom is 0.139 e. The average Bonchev–Trinajstić information content (AvgIpc) is 2.17. The van der Waals surface area contributed by atoms with Crippen LogP contribution in [-0.4, -0.2) is 42.5 Å². The van der Waals surface area contributed by atoms with Crippen LogP contribution in [0.15, 0.2) is 0 Å². The van der Waals surface area contributed by atoms with Gasteiger partial charge in [-0.1, -0.05) is 13.8 Å². The van der Waals surface area contributed by atoms with E-state index in [1.807, 2.05) is 13.8 Å². The van der Waals surface area contributed by atoms with Crippen LogP contribution in [-0.2, 0) is 9.59 Å². The van der Waals surface area contributed by atoms with Crippen molar-refractivity contribution in [3.05, 3.63) is 0 Å². The number of likely N-dealkylation sites (N-methyl/N-ethyl adjacent to an activating group) is 1. The summed E-state index contributed by atoms with van der Waals surface area (Å²) in [6.45, 7) is 4.10. The topological polar surface area (TPSA) is 49.4 Å². The first-order valence-electron chi connectivity index (χ1n) is 5.05. The lowest BCUT2D eigenvalue weighted by atomic mass is 10.1. The minimum Gasteiger partial charge on any atom is -0.302 e. The molecule has 5 heteroatoms. The summed E-state index contributed by atoms with van der Waals surface area (Å²) in [5.41, 5.74) is 2.99. The van der Waals surface area contributed by atoms with Gasteiger partial charge in [0.2, 0.25) is 0 Å². The van der Waals surface area contributed by atoms with Crippen LogP contribution in [0.3, 0.4) is 0 Å². The highest BCUT2D eigenvalue weighted by Crippen LogP contribution is 2.04. The lowest BCUT2D eigenvalue weighted by Crippen LogP contribution is -2.50.